The number of rotatable bonds is 7. The standard InChI is InChI=1S/C17H22N4O2/c22-13-2-1-11-20(15-8-9-15)17(23)19-14-4-6-16(7-5-14)21-12-3-10-18-21/h3-7,10,12,15,22H,1-2,8-9,11,13H2,(H,19,23). The SMILES string of the molecule is O=C(Nc1ccc(-n2cccn2)cc1)N(CCCCO)C1CC1. The molecular weight excluding hydrogens is 292 g/mol. The molecule has 0 unspecified atom stereocenters. The first-order chi connectivity index (χ1) is 11.3. The van der Waals surface area contributed by atoms with Crippen LogP contribution in [0.4, 0.5) is 10.5 Å². The van der Waals surface area contributed by atoms with E-state index >= 15 is 0 Å². The molecule has 1 aromatic heterocycles. The van der Waals surface area contributed by atoms with Gasteiger partial charge in [0.25, 0.3) is 0 Å². The van der Waals surface area contributed by atoms with Gasteiger partial charge in [-0.3, -0.25) is 0 Å². The largest absolute Gasteiger partial charge is 0.396 e. The highest BCUT2D eigenvalue weighted by atomic mass is 16.3. The van der Waals surface area contributed by atoms with E-state index in [2.05, 4.69) is 10.4 Å². The third-order valence-corrected chi connectivity index (χ3v) is 3.94. The normalized spacial score (nSPS) is 13.8. The van der Waals surface area contributed by atoms with Crippen LogP contribution in [0.3, 0.4) is 0 Å². The van der Waals surface area contributed by atoms with Crippen molar-refractivity contribution in [2.24, 2.45) is 0 Å². The van der Waals surface area contributed by atoms with Crippen molar-refractivity contribution in [3.05, 3.63) is 42.7 Å². The number of amides is 2. The summed E-state index contributed by atoms with van der Waals surface area (Å²) >= 11 is 0. The van der Waals surface area contributed by atoms with Crippen molar-refractivity contribution >= 4 is 11.7 Å². The van der Waals surface area contributed by atoms with Crippen LogP contribution >= 0.6 is 0 Å². The van der Waals surface area contributed by atoms with E-state index in [0.717, 1.165) is 37.1 Å². The summed E-state index contributed by atoms with van der Waals surface area (Å²) < 4.78 is 1.77. The molecule has 2 N–H and O–H groups in total. The number of hydrogen-bond donors (Lipinski definition) is 2. The minimum Gasteiger partial charge on any atom is -0.396 e. The fourth-order valence-corrected chi connectivity index (χ4v) is 2.54. The van der Waals surface area contributed by atoms with Crippen molar-refractivity contribution < 1.29 is 9.90 Å². The number of aromatic nitrogens is 2. The van der Waals surface area contributed by atoms with Crippen molar-refractivity contribution in [1.82, 2.24) is 14.7 Å². The molecule has 6 heteroatoms. The number of unbranched alkanes of at least 4 members (excludes halogenated alkanes) is 1. The van der Waals surface area contributed by atoms with E-state index in [1.165, 1.54) is 0 Å². The summed E-state index contributed by atoms with van der Waals surface area (Å²) in [6.07, 6.45) is 7.32. The average molecular weight is 314 g/mol. The molecular formula is C17H22N4O2. The first kappa shape index (κ1) is 15.6. The smallest absolute Gasteiger partial charge is 0.322 e. The van der Waals surface area contributed by atoms with Gasteiger partial charge in [-0.1, -0.05) is 0 Å². The number of aliphatic hydroxyl groups excluding tert-OH is 1. The van der Waals surface area contributed by atoms with Gasteiger partial charge in [0.05, 0.1) is 5.69 Å². The number of benzene rings is 1. The van der Waals surface area contributed by atoms with Gasteiger partial charge in [0, 0.05) is 37.3 Å². The van der Waals surface area contributed by atoms with Crippen molar-refractivity contribution in [3.63, 3.8) is 0 Å². The van der Waals surface area contributed by atoms with E-state index in [-0.39, 0.29) is 12.6 Å². The van der Waals surface area contributed by atoms with Crippen molar-refractivity contribution in [3.8, 4) is 5.69 Å². The molecule has 2 aromatic rings. The summed E-state index contributed by atoms with van der Waals surface area (Å²) in [4.78, 5) is 14.3. The third kappa shape index (κ3) is 4.10. The number of carbonyl (C=O) groups excluding carboxylic acids is 1. The fraction of sp³-hybridized carbons (Fsp3) is 0.412. The summed E-state index contributed by atoms with van der Waals surface area (Å²) in [5.41, 5.74) is 1.73. The first-order valence-electron chi connectivity index (χ1n) is 8.06. The minimum atomic E-state index is -0.0581. The average Bonchev–Trinajstić information content (AvgIpc) is 3.25. The number of nitrogens with one attached hydrogen (secondary N) is 1. The van der Waals surface area contributed by atoms with E-state index in [1.807, 2.05) is 41.4 Å². The lowest BCUT2D eigenvalue weighted by atomic mass is 10.2. The van der Waals surface area contributed by atoms with Crippen LogP contribution in [-0.4, -0.2) is 45.0 Å². The van der Waals surface area contributed by atoms with Crippen LogP contribution in [0, 0.1) is 0 Å². The maximum absolute atomic E-state index is 12.4. The molecule has 1 aliphatic rings. The molecule has 2 amide bonds. The summed E-state index contributed by atoms with van der Waals surface area (Å²) in [6.45, 7) is 0.872. The number of hydrogen-bond acceptors (Lipinski definition) is 3. The zero-order valence-corrected chi connectivity index (χ0v) is 13.1. The van der Waals surface area contributed by atoms with Crippen LogP contribution in [-0.2, 0) is 0 Å². The highest BCUT2D eigenvalue weighted by molar-refractivity contribution is 5.89. The molecule has 1 heterocycles. The maximum Gasteiger partial charge on any atom is 0.322 e. The van der Waals surface area contributed by atoms with Crippen LogP contribution in [0.15, 0.2) is 42.7 Å². The van der Waals surface area contributed by atoms with E-state index in [9.17, 15) is 4.79 Å². The number of urea groups is 1. The quantitative estimate of drug-likeness (QED) is 0.772. The molecule has 0 bridgehead atoms. The minimum absolute atomic E-state index is 0.0581. The van der Waals surface area contributed by atoms with Gasteiger partial charge < -0.3 is 15.3 Å². The van der Waals surface area contributed by atoms with Gasteiger partial charge in [0.1, 0.15) is 0 Å². The van der Waals surface area contributed by atoms with Gasteiger partial charge in [0.2, 0.25) is 0 Å². The molecule has 6 nitrogen and oxygen atoms in total. The molecule has 0 atom stereocenters. The zero-order chi connectivity index (χ0) is 16.1. The maximum atomic E-state index is 12.4. The Labute approximate surface area is 135 Å². The summed E-state index contributed by atoms with van der Waals surface area (Å²) in [5, 5.41) is 16.0. The second-order valence-electron chi connectivity index (χ2n) is 5.78. The van der Waals surface area contributed by atoms with Gasteiger partial charge in [-0.25, -0.2) is 9.48 Å². The van der Waals surface area contributed by atoms with Crippen LogP contribution in [0.5, 0.6) is 0 Å². The lowest BCUT2D eigenvalue weighted by molar-refractivity contribution is 0.204. The van der Waals surface area contributed by atoms with Gasteiger partial charge in [0.15, 0.2) is 0 Å². The predicted octanol–water partition coefficient (Wildman–Crippen LogP) is 2.64. The molecule has 0 spiro atoms. The van der Waals surface area contributed by atoms with E-state index in [1.54, 1.807) is 10.9 Å². The second kappa shape index (κ2) is 7.28. The Hall–Kier alpha value is -2.34. The lowest BCUT2D eigenvalue weighted by Crippen LogP contribution is -2.37. The first-order valence-corrected chi connectivity index (χ1v) is 8.06. The van der Waals surface area contributed by atoms with Crippen molar-refractivity contribution in [2.45, 2.75) is 31.7 Å². The molecule has 1 fully saturated rings. The van der Waals surface area contributed by atoms with Gasteiger partial charge >= 0.3 is 6.03 Å². The highest BCUT2D eigenvalue weighted by Crippen LogP contribution is 2.28. The molecule has 1 aliphatic carbocycles. The Morgan fingerprint density at radius 3 is 2.70 bits per heavy atom. The van der Waals surface area contributed by atoms with Crippen LogP contribution in [0.25, 0.3) is 5.69 Å². The Kier molecular flexibility index (Phi) is 4.92. The van der Waals surface area contributed by atoms with Crippen LogP contribution in [0.1, 0.15) is 25.7 Å². The van der Waals surface area contributed by atoms with Gasteiger partial charge in [-0.2, -0.15) is 5.10 Å². The van der Waals surface area contributed by atoms with Crippen molar-refractivity contribution in [1.29, 1.82) is 0 Å². The molecule has 1 saturated carbocycles. The highest BCUT2D eigenvalue weighted by Gasteiger charge is 2.32. The zero-order valence-electron chi connectivity index (χ0n) is 13.1. The van der Waals surface area contributed by atoms with E-state index in [0.29, 0.717) is 12.6 Å². The molecule has 0 aliphatic heterocycles. The predicted molar refractivity (Wildman–Crippen MR) is 88.6 cm³/mol. The monoisotopic (exact) mass is 314 g/mol. The number of carbonyl (C=O) groups is 1. The van der Waals surface area contributed by atoms with Gasteiger partial charge in [-0.05, 0) is 56.0 Å². The molecule has 0 radical (unpaired) electrons. The topological polar surface area (TPSA) is 70.4 Å². The number of aliphatic hydroxyl groups is 1. The number of nitrogens with zero attached hydrogens (tertiary/aromatic N) is 3. The molecule has 1 aromatic carbocycles. The number of anilines is 1. The Bertz CT molecular complexity index is 621. The molecule has 122 valence electrons. The van der Waals surface area contributed by atoms with Crippen LogP contribution in [0.2, 0.25) is 0 Å². The lowest BCUT2D eigenvalue weighted by Gasteiger charge is -2.22. The summed E-state index contributed by atoms with van der Waals surface area (Å²) in [5.74, 6) is 0. The molecule has 0 saturated heterocycles. The molecule has 3 rings (SSSR count). The Balaban J connectivity index is 1.59. The fourth-order valence-electron chi connectivity index (χ4n) is 2.54. The van der Waals surface area contributed by atoms with Gasteiger partial charge in [-0.15, -0.1) is 0 Å². The van der Waals surface area contributed by atoms with Crippen LogP contribution < -0.4 is 5.32 Å². The van der Waals surface area contributed by atoms with E-state index < -0.39 is 0 Å². The van der Waals surface area contributed by atoms with E-state index in [4.69, 9.17) is 5.11 Å². The summed E-state index contributed by atoms with van der Waals surface area (Å²) in [6, 6.07) is 9.79. The second-order valence-corrected chi connectivity index (χ2v) is 5.78. The Morgan fingerprint density at radius 2 is 2.09 bits per heavy atom. The third-order valence-electron chi connectivity index (χ3n) is 3.94. The molecule has 23 heavy (non-hydrogen) atoms. The Morgan fingerprint density at radius 1 is 1.30 bits per heavy atom. The summed E-state index contributed by atoms with van der Waals surface area (Å²) in [7, 11) is 0. The van der Waals surface area contributed by atoms with Crippen molar-refractivity contribution in [2.75, 3.05) is 18.5 Å².